The van der Waals surface area contributed by atoms with E-state index >= 15 is 0 Å². The molecule has 47 heavy (non-hydrogen) atoms. The number of Topliss-reactive ketones (excluding diaryl/α,β-unsaturated/α-hetero) is 1. The lowest BCUT2D eigenvalue weighted by Gasteiger charge is -2.23. The number of ether oxygens (including phenoxy) is 3. The van der Waals surface area contributed by atoms with Crippen LogP contribution in [0.1, 0.15) is 62.3 Å². The summed E-state index contributed by atoms with van der Waals surface area (Å²) in [6, 6.07) is 17.3. The number of thioether (sulfide) groups is 1. The zero-order valence-corrected chi connectivity index (χ0v) is 28.0. The van der Waals surface area contributed by atoms with Gasteiger partial charge in [-0.05, 0) is 66.4 Å². The highest BCUT2D eigenvalue weighted by Gasteiger charge is 2.48. The first-order valence-electron chi connectivity index (χ1n) is 15.4. The van der Waals surface area contributed by atoms with Crippen molar-refractivity contribution >= 4 is 45.7 Å². The van der Waals surface area contributed by atoms with E-state index in [4.69, 9.17) is 14.2 Å². The second-order valence-corrected chi connectivity index (χ2v) is 12.9. The number of aliphatic hydroxyl groups excluding tert-OH is 1. The average Bonchev–Trinajstić information content (AvgIpc) is 3.66. The van der Waals surface area contributed by atoms with Gasteiger partial charge in [-0.15, -0.1) is 10.2 Å². The summed E-state index contributed by atoms with van der Waals surface area (Å²) >= 11 is 2.37. The summed E-state index contributed by atoms with van der Waals surface area (Å²) in [7, 11) is 1.51. The Bertz CT molecular complexity index is 1740. The van der Waals surface area contributed by atoms with Gasteiger partial charge >= 0.3 is 5.91 Å². The molecule has 9 nitrogen and oxygen atoms in total. The van der Waals surface area contributed by atoms with Gasteiger partial charge in [0.15, 0.2) is 15.8 Å². The maximum atomic E-state index is 14.2. The molecule has 3 aromatic carbocycles. The van der Waals surface area contributed by atoms with E-state index in [1.807, 2.05) is 6.92 Å². The van der Waals surface area contributed by atoms with E-state index in [1.54, 1.807) is 60.7 Å². The van der Waals surface area contributed by atoms with E-state index in [0.717, 1.165) is 37.0 Å². The smallest absolute Gasteiger partial charge is 0.301 e. The molecule has 0 bridgehead atoms. The number of unbranched alkanes of at least 4 members (excludes halogenated alkanes) is 2. The molecule has 1 saturated heterocycles. The van der Waals surface area contributed by atoms with Gasteiger partial charge in [-0.3, -0.25) is 14.5 Å². The van der Waals surface area contributed by atoms with Crippen LogP contribution in [0, 0.1) is 5.82 Å². The Morgan fingerprint density at radius 1 is 0.957 bits per heavy atom. The van der Waals surface area contributed by atoms with Gasteiger partial charge < -0.3 is 19.3 Å². The monoisotopic (exact) mass is 677 g/mol. The number of hydrogen-bond acceptors (Lipinski definition) is 10. The van der Waals surface area contributed by atoms with Crippen molar-refractivity contribution in [1.82, 2.24) is 10.2 Å². The maximum Gasteiger partial charge on any atom is 0.301 e. The van der Waals surface area contributed by atoms with Gasteiger partial charge in [0.2, 0.25) is 5.13 Å². The number of methoxy groups -OCH3 is 1. The number of nitrogens with zero attached hydrogens (tertiary/aromatic N) is 3. The van der Waals surface area contributed by atoms with Gasteiger partial charge in [-0.25, -0.2) is 4.39 Å². The zero-order valence-electron chi connectivity index (χ0n) is 26.4. The third kappa shape index (κ3) is 7.77. The summed E-state index contributed by atoms with van der Waals surface area (Å²) in [6.07, 6.45) is 3.81. The Morgan fingerprint density at radius 2 is 1.74 bits per heavy atom. The molecule has 0 spiro atoms. The highest BCUT2D eigenvalue weighted by Crippen LogP contribution is 2.45. The maximum absolute atomic E-state index is 14.2. The molecule has 1 fully saturated rings. The molecule has 1 aromatic heterocycles. The van der Waals surface area contributed by atoms with Gasteiger partial charge in [0, 0.05) is 11.3 Å². The van der Waals surface area contributed by atoms with Crippen LogP contribution >= 0.6 is 23.1 Å². The minimum Gasteiger partial charge on any atom is -0.507 e. The lowest BCUT2D eigenvalue weighted by Crippen LogP contribution is -2.29. The zero-order chi connectivity index (χ0) is 33.3. The van der Waals surface area contributed by atoms with Crippen LogP contribution < -0.4 is 19.1 Å². The van der Waals surface area contributed by atoms with E-state index in [2.05, 4.69) is 17.1 Å². The SMILES string of the molecule is CCCCCOc1ccc(C2/C(=C(/O)c3ccc(OCCC)cc3)C(=O)C(=O)N2c2nnc(SCc3ccccc3F)s2)cc1OC. The molecule has 0 radical (unpaired) electrons. The minimum absolute atomic E-state index is 0.105. The molecule has 1 aliphatic rings. The molecule has 12 heteroatoms. The number of halogens is 1. The standard InChI is InChI=1S/C35H36FN3O6S2/c1-4-6-9-19-45-27-17-14-23(20-28(27)43-3)30-29(31(40)22-12-15-25(16-13-22)44-18-5-2)32(41)33(42)39(30)34-37-38-35(47-34)46-21-24-10-7-8-11-26(24)36/h7-8,10-17,20,30,40H,4-6,9,18-19,21H2,1-3H3/b31-29-. The summed E-state index contributed by atoms with van der Waals surface area (Å²) in [5.41, 5.74) is 1.25. The lowest BCUT2D eigenvalue weighted by molar-refractivity contribution is -0.132. The second kappa shape index (κ2) is 15.9. The number of ketones is 1. The van der Waals surface area contributed by atoms with Crippen LogP contribution in [0.4, 0.5) is 9.52 Å². The predicted molar refractivity (Wildman–Crippen MR) is 181 cm³/mol. The van der Waals surface area contributed by atoms with Crippen LogP contribution in [-0.2, 0) is 15.3 Å². The first-order valence-corrected chi connectivity index (χ1v) is 17.2. The molecule has 2 heterocycles. The molecule has 1 unspecified atom stereocenters. The molecule has 4 aromatic rings. The van der Waals surface area contributed by atoms with Crippen LogP contribution in [0.25, 0.3) is 5.76 Å². The normalized spacial score (nSPS) is 15.7. The largest absolute Gasteiger partial charge is 0.507 e. The first-order chi connectivity index (χ1) is 22.9. The molecule has 0 aliphatic carbocycles. The van der Waals surface area contributed by atoms with Gasteiger partial charge in [0.25, 0.3) is 5.78 Å². The van der Waals surface area contributed by atoms with Crippen molar-refractivity contribution < 1.29 is 33.3 Å². The molecule has 1 amide bonds. The Labute approximate surface area is 281 Å². The van der Waals surface area contributed by atoms with Gasteiger partial charge in [0.05, 0.1) is 31.9 Å². The summed E-state index contributed by atoms with van der Waals surface area (Å²) < 4.78 is 32.0. The fourth-order valence-corrected chi connectivity index (χ4v) is 6.90. The summed E-state index contributed by atoms with van der Waals surface area (Å²) in [5.74, 6) is -0.529. The second-order valence-electron chi connectivity index (χ2n) is 10.7. The lowest BCUT2D eigenvalue weighted by atomic mass is 9.95. The van der Waals surface area contributed by atoms with E-state index in [1.165, 1.54) is 29.8 Å². The highest BCUT2D eigenvalue weighted by atomic mass is 32.2. The molecule has 0 saturated carbocycles. The van der Waals surface area contributed by atoms with E-state index in [0.29, 0.717) is 57.2 Å². The van der Waals surface area contributed by atoms with E-state index in [-0.39, 0.29) is 22.3 Å². The molecular formula is C35H36FN3O6S2. The van der Waals surface area contributed by atoms with Crippen LogP contribution in [0.15, 0.2) is 76.6 Å². The quantitative estimate of drug-likeness (QED) is 0.0335. The van der Waals surface area contributed by atoms with Crippen LogP contribution in [0.2, 0.25) is 0 Å². The van der Waals surface area contributed by atoms with Crippen LogP contribution in [0.5, 0.6) is 17.2 Å². The third-order valence-corrected chi connectivity index (χ3v) is 9.57. The van der Waals surface area contributed by atoms with Crippen molar-refractivity contribution in [2.24, 2.45) is 0 Å². The number of hydrogen-bond donors (Lipinski definition) is 1. The van der Waals surface area contributed by atoms with Crippen LogP contribution in [-0.4, -0.2) is 47.3 Å². The number of rotatable bonds is 15. The van der Waals surface area contributed by atoms with E-state index in [9.17, 15) is 19.1 Å². The van der Waals surface area contributed by atoms with Gasteiger partial charge in [-0.1, -0.05) is 74.1 Å². The molecular weight excluding hydrogens is 642 g/mol. The fraction of sp³-hybridized carbons (Fsp3) is 0.314. The Balaban J connectivity index is 1.53. The third-order valence-electron chi connectivity index (χ3n) is 7.46. The Kier molecular flexibility index (Phi) is 11.5. The first kappa shape index (κ1) is 33.9. The molecule has 246 valence electrons. The Hall–Kier alpha value is -4.42. The minimum atomic E-state index is -1.05. The molecule has 1 aliphatic heterocycles. The highest BCUT2D eigenvalue weighted by molar-refractivity contribution is 8.00. The average molecular weight is 678 g/mol. The summed E-state index contributed by atoms with van der Waals surface area (Å²) in [5, 5.41) is 20.2. The van der Waals surface area contributed by atoms with Crippen molar-refractivity contribution in [3.05, 3.63) is 94.8 Å². The van der Waals surface area contributed by atoms with Crippen molar-refractivity contribution in [3.8, 4) is 17.2 Å². The topological polar surface area (TPSA) is 111 Å². The van der Waals surface area contributed by atoms with Crippen LogP contribution in [0.3, 0.4) is 0 Å². The van der Waals surface area contributed by atoms with Crippen molar-refractivity contribution in [2.45, 2.75) is 55.7 Å². The molecule has 1 N–H and O–H groups in total. The van der Waals surface area contributed by atoms with Crippen molar-refractivity contribution in [3.63, 3.8) is 0 Å². The number of carbonyl (C=O) groups is 2. The predicted octanol–water partition coefficient (Wildman–Crippen LogP) is 7.96. The molecule has 5 rings (SSSR count). The summed E-state index contributed by atoms with van der Waals surface area (Å²) in [6.45, 7) is 5.17. The summed E-state index contributed by atoms with van der Waals surface area (Å²) in [4.78, 5) is 28.6. The van der Waals surface area contributed by atoms with Crippen molar-refractivity contribution in [1.29, 1.82) is 0 Å². The van der Waals surface area contributed by atoms with Gasteiger partial charge in [0.1, 0.15) is 17.3 Å². The van der Waals surface area contributed by atoms with Crippen molar-refractivity contribution in [2.75, 3.05) is 25.2 Å². The molecule has 1 atom stereocenters. The Morgan fingerprint density at radius 3 is 2.47 bits per heavy atom. The number of carbonyl (C=O) groups excluding carboxylic acids is 2. The number of aromatic nitrogens is 2. The number of anilines is 1. The fourth-order valence-electron chi connectivity index (χ4n) is 5.05. The van der Waals surface area contributed by atoms with Gasteiger partial charge in [-0.2, -0.15) is 0 Å². The van der Waals surface area contributed by atoms with E-state index < -0.39 is 17.7 Å². The number of amides is 1. The number of aliphatic hydroxyl groups is 1. The number of benzene rings is 3.